The largest absolute Gasteiger partial charge is 0.496 e. The monoisotopic (exact) mass is 265 g/mol. The van der Waals surface area contributed by atoms with Gasteiger partial charge < -0.3 is 20.1 Å². The van der Waals surface area contributed by atoms with Crippen LogP contribution >= 0.6 is 0 Å². The summed E-state index contributed by atoms with van der Waals surface area (Å²) in [7, 11) is 5.36. The maximum Gasteiger partial charge on any atom is 0.129 e. The number of ether oxygens (including phenoxy) is 2. The summed E-state index contributed by atoms with van der Waals surface area (Å²) in [5.74, 6) is 0.666. The first-order valence-electron chi connectivity index (χ1n) is 6.27. The topological polar surface area (TPSA) is 71.6 Å². The predicted molar refractivity (Wildman–Crippen MR) is 76.8 cm³/mol. The minimum Gasteiger partial charge on any atom is -0.496 e. The van der Waals surface area contributed by atoms with Gasteiger partial charge in [-0.3, -0.25) is 5.41 Å². The van der Waals surface area contributed by atoms with Crippen molar-refractivity contribution in [3.63, 3.8) is 0 Å². The van der Waals surface area contributed by atoms with Gasteiger partial charge in [-0.05, 0) is 31.2 Å². The first kappa shape index (κ1) is 15.5. The first-order chi connectivity index (χ1) is 9.08. The summed E-state index contributed by atoms with van der Waals surface area (Å²) >= 11 is 0. The summed E-state index contributed by atoms with van der Waals surface area (Å²) in [5.41, 5.74) is 7.32. The highest BCUT2D eigenvalue weighted by molar-refractivity contribution is 5.97. The Labute approximate surface area is 114 Å². The van der Waals surface area contributed by atoms with E-state index in [4.69, 9.17) is 20.6 Å². The Morgan fingerprint density at radius 3 is 2.68 bits per heavy atom. The zero-order valence-electron chi connectivity index (χ0n) is 11.9. The van der Waals surface area contributed by atoms with Gasteiger partial charge >= 0.3 is 0 Å². The predicted octanol–water partition coefficient (Wildman–Crippen LogP) is 1.45. The Balaban J connectivity index is 2.68. The molecular weight excluding hydrogens is 242 g/mol. The number of nitrogens with one attached hydrogen (secondary N) is 1. The lowest BCUT2D eigenvalue weighted by Gasteiger charge is -2.17. The van der Waals surface area contributed by atoms with Gasteiger partial charge in [0, 0.05) is 26.8 Å². The number of hydrogen-bond donors (Lipinski definition) is 2. The van der Waals surface area contributed by atoms with Crippen LogP contribution in [0.4, 0.5) is 0 Å². The molecule has 5 nitrogen and oxygen atoms in total. The summed E-state index contributed by atoms with van der Waals surface area (Å²) in [6.07, 6.45) is 1.00. The lowest BCUT2D eigenvalue weighted by atomic mass is 10.1. The van der Waals surface area contributed by atoms with E-state index >= 15 is 0 Å². The third-order valence-corrected chi connectivity index (χ3v) is 2.89. The molecule has 1 aromatic rings. The number of amidine groups is 1. The van der Waals surface area contributed by atoms with E-state index in [2.05, 4.69) is 11.9 Å². The van der Waals surface area contributed by atoms with E-state index < -0.39 is 0 Å². The van der Waals surface area contributed by atoms with Crippen LogP contribution in [0.25, 0.3) is 0 Å². The minimum atomic E-state index is 0.0285. The third kappa shape index (κ3) is 4.89. The Morgan fingerprint density at radius 1 is 1.37 bits per heavy atom. The highest BCUT2D eigenvalue weighted by Crippen LogP contribution is 2.20. The molecule has 106 valence electrons. The molecular formula is C14H23N3O2. The van der Waals surface area contributed by atoms with E-state index in [0.29, 0.717) is 11.3 Å². The smallest absolute Gasteiger partial charge is 0.129 e. The molecule has 19 heavy (non-hydrogen) atoms. The van der Waals surface area contributed by atoms with E-state index in [9.17, 15) is 0 Å². The van der Waals surface area contributed by atoms with E-state index in [0.717, 1.165) is 31.7 Å². The van der Waals surface area contributed by atoms with Crippen molar-refractivity contribution < 1.29 is 9.47 Å². The fraction of sp³-hybridized carbons (Fsp3) is 0.500. The van der Waals surface area contributed by atoms with E-state index in [1.165, 1.54) is 0 Å². The van der Waals surface area contributed by atoms with Gasteiger partial charge in [0.2, 0.25) is 0 Å². The van der Waals surface area contributed by atoms with Crippen LogP contribution < -0.4 is 10.5 Å². The quantitative estimate of drug-likeness (QED) is 0.424. The van der Waals surface area contributed by atoms with Crippen molar-refractivity contribution in [2.45, 2.75) is 13.0 Å². The minimum absolute atomic E-state index is 0.0285. The van der Waals surface area contributed by atoms with Gasteiger partial charge in [0.1, 0.15) is 11.6 Å². The summed E-state index contributed by atoms with van der Waals surface area (Å²) in [5, 5.41) is 7.56. The van der Waals surface area contributed by atoms with Crippen molar-refractivity contribution in [3.8, 4) is 5.75 Å². The molecule has 0 aliphatic carbocycles. The number of methoxy groups -OCH3 is 2. The van der Waals surface area contributed by atoms with E-state index in [1.807, 2.05) is 18.2 Å². The molecule has 0 amide bonds. The summed E-state index contributed by atoms with van der Waals surface area (Å²) in [6.45, 7) is 2.55. The van der Waals surface area contributed by atoms with Crippen LogP contribution in [0.5, 0.6) is 5.75 Å². The first-order valence-corrected chi connectivity index (χ1v) is 6.27. The SMILES string of the molecule is COCCCN(C)Cc1ccc(OC)c(C(=N)N)c1. The fourth-order valence-electron chi connectivity index (χ4n) is 1.93. The van der Waals surface area contributed by atoms with E-state index in [-0.39, 0.29) is 5.84 Å². The molecule has 0 radical (unpaired) electrons. The van der Waals surface area contributed by atoms with Crippen LogP contribution in [-0.2, 0) is 11.3 Å². The molecule has 5 heteroatoms. The van der Waals surface area contributed by atoms with Gasteiger partial charge in [0.25, 0.3) is 0 Å². The van der Waals surface area contributed by atoms with Crippen LogP contribution in [0, 0.1) is 5.41 Å². The van der Waals surface area contributed by atoms with Crippen molar-refractivity contribution in [3.05, 3.63) is 29.3 Å². The lowest BCUT2D eigenvalue weighted by Crippen LogP contribution is -2.21. The maximum absolute atomic E-state index is 7.56. The summed E-state index contributed by atoms with van der Waals surface area (Å²) in [6, 6.07) is 5.77. The lowest BCUT2D eigenvalue weighted by molar-refractivity contribution is 0.178. The summed E-state index contributed by atoms with van der Waals surface area (Å²) in [4.78, 5) is 2.21. The normalized spacial score (nSPS) is 10.7. The van der Waals surface area contributed by atoms with Gasteiger partial charge in [-0.15, -0.1) is 0 Å². The second kappa shape index (κ2) is 7.76. The number of rotatable bonds is 8. The molecule has 0 spiro atoms. The highest BCUT2D eigenvalue weighted by Gasteiger charge is 2.08. The number of hydrogen-bond acceptors (Lipinski definition) is 4. The molecule has 1 aromatic carbocycles. The molecule has 0 saturated heterocycles. The zero-order chi connectivity index (χ0) is 14.3. The molecule has 0 aromatic heterocycles. The number of nitrogen functional groups attached to an aromatic ring is 1. The van der Waals surface area contributed by atoms with Crippen LogP contribution in [-0.4, -0.2) is 45.2 Å². The molecule has 0 saturated carbocycles. The Bertz CT molecular complexity index is 421. The number of benzene rings is 1. The molecule has 0 fully saturated rings. The molecule has 0 bridgehead atoms. The second-order valence-corrected chi connectivity index (χ2v) is 4.53. The van der Waals surface area contributed by atoms with Gasteiger partial charge in [-0.2, -0.15) is 0 Å². The third-order valence-electron chi connectivity index (χ3n) is 2.89. The Hall–Kier alpha value is -1.59. The molecule has 0 unspecified atom stereocenters. The van der Waals surface area contributed by atoms with Gasteiger partial charge in [-0.25, -0.2) is 0 Å². The summed E-state index contributed by atoms with van der Waals surface area (Å²) < 4.78 is 10.2. The Kier molecular flexibility index (Phi) is 6.32. The van der Waals surface area contributed by atoms with E-state index in [1.54, 1.807) is 14.2 Å². The zero-order valence-corrected chi connectivity index (χ0v) is 11.9. The van der Waals surface area contributed by atoms with Crippen LogP contribution in [0.15, 0.2) is 18.2 Å². The van der Waals surface area contributed by atoms with Gasteiger partial charge in [0.15, 0.2) is 0 Å². The van der Waals surface area contributed by atoms with Gasteiger partial charge in [-0.1, -0.05) is 6.07 Å². The van der Waals surface area contributed by atoms with Crippen molar-refractivity contribution in [1.82, 2.24) is 4.90 Å². The highest BCUT2D eigenvalue weighted by atomic mass is 16.5. The van der Waals surface area contributed by atoms with Crippen molar-refractivity contribution >= 4 is 5.84 Å². The Morgan fingerprint density at radius 2 is 2.11 bits per heavy atom. The standard InChI is InChI=1S/C14H23N3O2/c1-17(7-4-8-18-2)10-11-5-6-13(19-3)12(9-11)14(15)16/h5-6,9H,4,7-8,10H2,1-3H3,(H3,15,16). The molecule has 3 N–H and O–H groups in total. The van der Waals surface area contributed by atoms with Crippen LogP contribution in [0.2, 0.25) is 0 Å². The van der Waals surface area contributed by atoms with Crippen molar-refractivity contribution in [2.24, 2.45) is 5.73 Å². The van der Waals surface area contributed by atoms with Crippen LogP contribution in [0.3, 0.4) is 0 Å². The fourth-order valence-corrected chi connectivity index (χ4v) is 1.93. The average molecular weight is 265 g/mol. The maximum atomic E-state index is 7.56. The second-order valence-electron chi connectivity index (χ2n) is 4.53. The molecule has 0 aliphatic heterocycles. The molecule has 1 rings (SSSR count). The van der Waals surface area contributed by atoms with Crippen molar-refractivity contribution in [1.29, 1.82) is 5.41 Å². The molecule has 0 atom stereocenters. The van der Waals surface area contributed by atoms with Crippen LogP contribution in [0.1, 0.15) is 17.5 Å². The number of nitrogens with two attached hydrogens (primary N) is 1. The van der Waals surface area contributed by atoms with Crippen molar-refractivity contribution in [2.75, 3.05) is 34.4 Å². The number of nitrogens with zero attached hydrogens (tertiary/aromatic N) is 1. The van der Waals surface area contributed by atoms with Gasteiger partial charge in [0.05, 0.1) is 12.7 Å². The molecule has 0 heterocycles. The average Bonchev–Trinajstić information content (AvgIpc) is 2.39. The molecule has 0 aliphatic rings.